The number of ether oxygens (including phenoxy) is 2. The van der Waals surface area contributed by atoms with Crippen molar-refractivity contribution in [3.05, 3.63) is 83.4 Å². The Labute approximate surface area is 221 Å². The van der Waals surface area contributed by atoms with E-state index in [9.17, 15) is 26.7 Å². The van der Waals surface area contributed by atoms with Crippen LogP contribution in [0, 0.1) is 11.3 Å². The zero-order valence-corrected chi connectivity index (χ0v) is 22.2. The van der Waals surface area contributed by atoms with Crippen LogP contribution in [0.4, 0.5) is 11.4 Å². The second-order valence-electron chi connectivity index (χ2n) is 8.14. The summed E-state index contributed by atoms with van der Waals surface area (Å²) in [5.41, 5.74) is 0.558. The highest BCUT2D eigenvalue weighted by atomic mass is 32.3. The summed E-state index contributed by atoms with van der Waals surface area (Å²) in [5, 5.41) is 24.0. The number of hydrogen-bond donors (Lipinski definition) is 1. The van der Waals surface area contributed by atoms with Gasteiger partial charge in [-0.15, -0.1) is 0 Å². The number of benzene rings is 3. The van der Waals surface area contributed by atoms with E-state index in [0.29, 0.717) is 18.1 Å². The van der Waals surface area contributed by atoms with E-state index in [1.807, 2.05) is 12.1 Å². The van der Waals surface area contributed by atoms with E-state index < -0.39 is 37.7 Å². The Morgan fingerprint density at radius 1 is 1.00 bits per heavy atom. The molecule has 3 rings (SSSR count). The standard InChI is InChI=1S/C25H25N3O8S2/c1-35-22-13-20(24(25(29)30)27-19-11-9-17(15-26)10-12-19)21(28(37(2,31)32)38(3,33)34)14-23(22)36-16-18-7-5-4-6-8-18/h4-14,24,27H,16H2,1-3H3,(H,29,30)/p-1. The summed E-state index contributed by atoms with van der Waals surface area (Å²) in [6, 6.07) is 17.2. The van der Waals surface area contributed by atoms with Crippen molar-refractivity contribution in [2.75, 3.05) is 28.6 Å². The molecule has 0 saturated heterocycles. The number of carboxylic acids is 1. The first kappa shape index (κ1) is 28.3. The minimum atomic E-state index is -4.47. The first-order valence-electron chi connectivity index (χ1n) is 10.9. The molecule has 3 aromatic rings. The van der Waals surface area contributed by atoms with E-state index in [0.717, 1.165) is 11.6 Å². The van der Waals surface area contributed by atoms with Gasteiger partial charge >= 0.3 is 0 Å². The van der Waals surface area contributed by atoms with Crippen molar-refractivity contribution in [2.45, 2.75) is 12.6 Å². The van der Waals surface area contributed by atoms with Crippen molar-refractivity contribution in [3.8, 4) is 17.6 Å². The maximum Gasteiger partial charge on any atom is 0.245 e. The molecule has 0 aliphatic heterocycles. The van der Waals surface area contributed by atoms with Crippen LogP contribution in [0.3, 0.4) is 0 Å². The predicted octanol–water partition coefficient (Wildman–Crippen LogP) is 1.77. The average molecular weight is 559 g/mol. The second kappa shape index (κ2) is 11.4. The smallest absolute Gasteiger partial charge is 0.245 e. The Hall–Kier alpha value is -4.28. The van der Waals surface area contributed by atoms with Crippen molar-refractivity contribution in [3.63, 3.8) is 0 Å². The Kier molecular flexibility index (Phi) is 8.49. The van der Waals surface area contributed by atoms with Gasteiger partial charge in [-0.2, -0.15) is 8.97 Å². The lowest BCUT2D eigenvalue weighted by Crippen LogP contribution is -2.39. The third-order valence-corrected chi connectivity index (χ3v) is 8.44. The Morgan fingerprint density at radius 2 is 1.61 bits per heavy atom. The normalized spacial score (nSPS) is 12.2. The van der Waals surface area contributed by atoms with Gasteiger partial charge in [0.25, 0.3) is 0 Å². The molecule has 0 radical (unpaired) electrons. The Bertz CT molecular complexity index is 1540. The molecule has 0 aliphatic rings. The molecule has 0 aliphatic carbocycles. The number of carboxylic acid groups (broad SMARTS) is 1. The maximum atomic E-state index is 12.7. The SMILES string of the molecule is COc1cc(C(Nc2ccc(C#N)cc2)C(=O)[O-])c(N(S(C)(=O)=O)S(C)(=O)=O)cc1OCc1ccccc1. The van der Waals surface area contributed by atoms with Crippen molar-refractivity contribution in [1.82, 2.24) is 0 Å². The Morgan fingerprint density at radius 3 is 2.11 bits per heavy atom. The molecule has 0 aromatic heterocycles. The minimum Gasteiger partial charge on any atom is -0.548 e. The van der Waals surface area contributed by atoms with Crippen molar-refractivity contribution >= 4 is 37.4 Å². The molecule has 0 bridgehead atoms. The lowest BCUT2D eigenvalue weighted by molar-refractivity contribution is -0.307. The summed E-state index contributed by atoms with van der Waals surface area (Å²) in [5.74, 6) is -1.69. The monoisotopic (exact) mass is 558 g/mol. The molecule has 38 heavy (non-hydrogen) atoms. The number of nitrogens with one attached hydrogen (secondary N) is 1. The van der Waals surface area contributed by atoms with Crippen LogP contribution in [0.1, 0.15) is 22.7 Å². The average Bonchev–Trinajstić information content (AvgIpc) is 2.85. The molecule has 1 atom stereocenters. The van der Waals surface area contributed by atoms with E-state index in [2.05, 4.69) is 5.32 Å². The lowest BCUT2D eigenvalue weighted by Gasteiger charge is -2.29. The molecule has 0 amide bonds. The van der Waals surface area contributed by atoms with Gasteiger partial charge < -0.3 is 24.7 Å². The highest BCUT2D eigenvalue weighted by molar-refractivity contribution is 8.09. The van der Waals surface area contributed by atoms with Crippen molar-refractivity contribution in [2.24, 2.45) is 0 Å². The van der Waals surface area contributed by atoms with Crippen LogP contribution in [0.25, 0.3) is 0 Å². The van der Waals surface area contributed by atoms with E-state index in [4.69, 9.17) is 14.7 Å². The minimum absolute atomic E-state index is 0.0227. The molecule has 0 fully saturated rings. The predicted molar refractivity (Wildman–Crippen MR) is 138 cm³/mol. The van der Waals surface area contributed by atoms with Crippen molar-refractivity contribution in [1.29, 1.82) is 5.26 Å². The highest BCUT2D eigenvalue weighted by Crippen LogP contribution is 2.41. The lowest BCUT2D eigenvalue weighted by atomic mass is 10.0. The van der Waals surface area contributed by atoms with Gasteiger partial charge in [0.1, 0.15) is 6.61 Å². The largest absolute Gasteiger partial charge is 0.548 e. The fraction of sp³-hybridized carbons (Fsp3) is 0.200. The number of hydrogen-bond acceptors (Lipinski definition) is 10. The van der Waals surface area contributed by atoms with Gasteiger partial charge in [0.05, 0.1) is 49.0 Å². The van der Waals surface area contributed by atoms with Crippen LogP contribution in [-0.4, -0.2) is 42.4 Å². The van der Waals surface area contributed by atoms with Gasteiger partial charge in [-0.3, -0.25) is 0 Å². The third kappa shape index (κ3) is 6.72. The second-order valence-corrected chi connectivity index (χ2v) is 12.0. The molecule has 13 heteroatoms. The summed E-state index contributed by atoms with van der Waals surface area (Å²) in [7, 11) is -7.65. The molecule has 0 spiro atoms. The topological polar surface area (TPSA) is 166 Å². The number of rotatable bonds is 11. The molecular weight excluding hydrogens is 534 g/mol. The number of methoxy groups -OCH3 is 1. The molecule has 3 aromatic carbocycles. The van der Waals surface area contributed by atoms with E-state index in [1.165, 1.54) is 37.4 Å². The first-order chi connectivity index (χ1) is 17.8. The molecule has 200 valence electrons. The van der Waals surface area contributed by atoms with Crippen LogP contribution in [0.5, 0.6) is 11.5 Å². The summed E-state index contributed by atoms with van der Waals surface area (Å²) in [6.07, 6.45) is 1.35. The van der Waals surface area contributed by atoms with Gasteiger partial charge in [-0.1, -0.05) is 30.3 Å². The summed E-state index contributed by atoms with van der Waals surface area (Å²) in [4.78, 5) is 12.3. The summed E-state index contributed by atoms with van der Waals surface area (Å²) in [6.45, 7) is 0.0289. The zero-order chi connectivity index (χ0) is 28.1. The number of carbonyl (C=O) groups excluding carboxylic acids is 1. The fourth-order valence-corrected chi connectivity index (χ4v) is 6.63. The number of aliphatic carboxylic acids is 1. The molecule has 0 saturated carbocycles. The summed E-state index contributed by atoms with van der Waals surface area (Å²) < 4.78 is 61.9. The van der Waals surface area contributed by atoms with Gasteiger partial charge in [0.2, 0.25) is 20.0 Å². The van der Waals surface area contributed by atoms with Gasteiger partial charge in [-0.25, -0.2) is 16.8 Å². The highest BCUT2D eigenvalue weighted by Gasteiger charge is 2.33. The fourth-order valence-electron chi connectivity index (χ4n) is 3.64. The number of sulfonamides is 2. The maximum absolute atomic E-state index is 12.7. The van der Waals surface area contributed by atoms with Crippen LogP contribution in [-0.2, 0) is 31.4 Å². The van der Waals surface area contributed by atoms with Gasteiger partial charge in [-0.05, 0) is 35.9 Å². The van der Waals surface area contributed by atoms with E-state index in [-0.39, 0.29) is 33.1 Å². The number of nitrogens with zero attached hydrogens (tertiary/aromatic N) is 2. The number of carbonyl (C=O) groups is 1. The molecule has 1 unspecified atom stereocenters. The molecule has 0 heterocycles. The van der Waals surface area contributed by atoms with E-state index >= 15 is 0 Å². The zero-order valence-electron chi connectivity index (χ0n) is 20.6. The third-order valence-electron chi connectivity index (χ3n) is 5.22. The molecule has 1 N–H and O–H groups in total. The van der Waals surface area contributed by atoms with Crippen LogP contribution >= 0.6 is 0 Å². The van der Waals surface area contributed by atoms with Crippen LogP contribution in [0.15, 0.2) is 66.7 Å². The molecule has 11 nitrogen and oxygen atoms in total. The van der Waals surface area contributed by atoms with Crippen LogP contribution < -0.4 is 23.6 Å². The first-order valence-corrected chi connectivity index (χ1v) is 14.6. The molecular formula is C25H24N3O8S2-. The Balaban J connectivity index is 2.22. The van der Waals surface area contributed by atoms with E-state index in [1.54, 1.807) is 24.3 Å². The summed E-state index contributed by atoms with van der Waals surface area (Å²) >= 11 is 0. The van der Waals surface area contributed by atoms with Crippen LogP contribution in [0.2, 0.25) is 0 Å². The van der Waals surface area contributed by atoms with Gasteiger partial charge in [0, 0.05) is 17.3 Å². The number of nitriles is 1. The van der Waals surface area contributed by atoms with Crippen molar-refractivity contribution < 1.29 is 36.2 Å². The quantitative estimate of drug-likeness (QED) is 0.366. The van der Waals surface area contributed by atoms with Gasteiger partial charge in [0.15, 0.2) is 11.5 Å². The number of anilines is 2.